The summed E-state index contributed by atoms with van der Waals surface area (Å²) >= 11 is 5.04. The number of rotatable bonds is 5. The Labute approximate surface area is 148 Å². The molecule has 0 spiro atoms. The van der Waals surface area contributed by atoms with Crippen molar-refractivity contribution in [3.63, 3.8) is 0 Å². The fourth-order valence-electron chi connectivity index (χ4n) is 1.81. The molecule has 6 nitrogen and oxygen atoms in total. The van der Waals surface area contributed by atoms with Crippen molar-refractivity contribution in [3.8, 4) is 11.5 Å². The molecule has 0 saturated carbocycles. The van der Waals surface area contributed by atoms with E-state index in [1.54, 1.807) is 24.3 Å². The Bertz CT molecular complexity index is 724. The molecule has 0 aliphatic rings. The molecule has 132 valence electrons. The van der Waals surface area contributed by atoms with Crippen molar-refractivity contribution >= 4 is 28.9 Å². The highest BCUT2D eigenvalue weighted by Crippen LogP contribution is 2.17. The number of alkyl halides is 2. The van der Waals surface area contributed by atoms with E-state index < -0.39 is 6.61 Å². The van der Waals surface area contributed by atoms with Crippen LogP contribution in [0.1, 0.15) is 10.4 Å². The van der Waals surface area contributed by atoms with Crippen LogP contribution in [0.15, 0.2) is 48.5 Å². The number of benzene rings is 2. The van der Waals surface area contributed by atoms with Crippen LogP contribution in [-0.2, 0) is 0 Å². The maximum absolute atomic E-state index is 12.1. The molecule has 0 heterocycles. The van der Waals surface area contributed by atoms with Crippen LogP contribution in [0.2, 0.25) is 0 Å². The van der Waals surface area contributed by atoms with E-state index in [1.165, 1.54) is 31.4 Å². The summed E-state index contributed by atoms with van der Waals surface area (Å²) in [6.45, 7) is -2.88. The van der Waals surface area contributed by atoms with Crippen molar-refractivity contribution in [2.75, 3.05) is 12.4 Å². The summed E-state index contributed by atoms with van der Waals surface area (Å²) in [6, 6.07) is 12.3. The molecule has 2 aromatic rings. The van der Waals surface area contributed by atoms with Crippen molar-refractivity contribution in [3.05, 3.63) is 54.1 Å². The second-order valence-electron chi connectivity index (χ2n) is 4.66. The van der Waals surface area contributed by atoms with Gasteiger partial charge in [-0.2, -0.15) is 8.78 Å². The highest BCUT2D eigenvalue weighted by Gasteiger charge is 2.07. The monoisotopic (exact) mass is 367 g/mol. The Morgan fingerprint density at radius 2 is 1.60 bits per heavy atom. The van der Waals surface area contributed by atoms with Crippen LogP contribution in [0.25, 0.3) is 0 Å². The van der Waals surface area contributed by atoms with Crippen LogP contribution in [-0.4, -0.2) is 24.7 Å². The van der Waals surface area contributed by atoms with Gasteiger partial charge in [0, 0.05) is 11.3 Å². The molecule has 0 radical (unpaired) electrons. The van der Waals surface area contributed by atoms with Gasteiger partial charge in [0.25, 0.3) is 5.91 Å². The van der Waals surface area contributed by atoms with Gasteiger partial charge in [0.1, 0.15) is 11.5 Å². The predicted molar refractivity (Wildman–Crippen MR) is 92.9 cm³/mol. The van der Waals surface area contributed by atoms with Crippen molar-refractivity contribution in [2.24, 2.45) is 0 Å². The molecular formula is C16H15F2N3O3S. The van der Waals surface area contributed by atoms with E-state index in [1.807, 2.05) is 0 Å². The molecule has 2 rings (SSSR count). The average molecular weight is 367 g/mol. The van der Waals surface area contributed by atoms with E-state index >= 15 is 0 Å². The van der Waals surface area contributed by atoms with Crippen molar-refractivity contribution in [1.82, 2.24) is 10.9 Å². The van der Waals surface area contributed by atoms with Gasteiger partial charge < -0.3 is 14.8 Å². The second-order valence-corrected chi connectivity index (χ2v) is 5.07. The minimum Gasteiger partial charge on any atom is -0.497 e. The molecule has 0 atom stereocenters. The van der Waals surface area contributed by atoms with E-state index in [-0.39, 0.29) is 16.8 Å². The van der Waals surface area contributed by atoms with Gasteiger partial charge in [-0.15, -0.1) is 0 Å². The second kappa shape index (κ2) is 8.78. The molecule has 0 bridgehead atoms. The molecule has 0 saturated heterocycles. The normalized spacial score (nSPS) is 10.1. The molecule has 0 aliphatic carbocycles. The van der Waals surface area contributed by atoms with Crippen LogP contribution in [0.3, 0.4) is 0 Å². The number of hydrazine groups is 1. The van der Waals surface area contributed by atoms with E-state index in [4.69, 9.17) is 17.0 Å². The van der Waals surface area contributed by atoms with Crippen LogP contribution >= 0.6 is 12.2 Å². The summed E-state index contributed by atoms with van der Waals surface area (Å²) < 4.78 is 33.4. The van der Waals surface area contributed by atoms with E-state index in [9.17, 15) is 13.6 Å². The number of nitrogens with one attached hydrogen (secondary N) is 3. The highest BCUT2D eigenvalue weighted by molar-refractivity contribution is 7.80. The molecule has 9 heteroatoms. The van der Waals surface area contributed by atoms with Crippen LogP contribution in [0, 0.1) is 0 Å². The Hall–Kier alpha value is -2.94. The fraction of sp³-hybridized carbons (Fsp3) is 0.125. The Balaban J connectivity index is 1.82. The van der Waals surface area contributed by atoms with Gasteiger partial charge in [-0.25, -0.2) is 0 Å². The summed E-state index contributed by atoms with van der Waals surface area (Å²) in [5.41, 5.74) is 5.94. The summed E-state index contributed by atoms with van der Waals surface area (Å²) in [7, 11) is 1.53. The standard InChI is InChI=1S/C16H15F2N3O3S/c1-23-12-6-2-10(3-7-12)14(22)20-21-16(25)19-11-4-8-13(9-5-11)24-15(17)18/h2-9,15H,1H3,(H,20,22)(H2,19,21,25). The lowest BCUT2D eigenvalue weighted by Gasteiger charge is -2.12. The molecule has 0 aromatic heterocycles. The van der Waals surface area contributed by atoms with Gasteiger partial charge in [0.15, 0.2) is 5.11 Å². The first-order chi connectivity index (χ1) is 12.0. The van der Waals surface area contributed by atoms with Gasteiger partial charge in [-0.3, -0.25) is 15.6 Å². The molecule has 3 N–H and O–H groups in total. The lowest BCUT2D eigenvalue weighted by atomic mass is 10.2. The topological polar surface area (TPSA) is 71.6 Å². The Morgan fingerprint density at radius 3 is 2.16 bits per heavy atom. The minimum absolute atomic E-state index is 0.0345. The number of hydrogen-bond donors (Lipinski definition) is 3. The highest BCUT2D eigenvalue weighted by atomic mass is 32.1. The van der Waals surface area contributed by atoms with E-state index in [2.05, 4.69) is 20.9 Å². The van der Waals surface area contributed by atoms with E-state index in [0.29, 0.717) is 17.0 Å². The van der Waals surface area contributed by atoms with Crippen molar-refractivity contribution < 1.29 is 23.0 Å². The summed E-state index contributed by atoms with van der Waals surface area (Å²) in [4.78, 5) is 12.0. The minimum atomic E-state index is -2.88. The van der Waals surface area contributed by atoms with Crippen molar-refractivity contribution in [1.29, 1.82) is 0 Å². The third kappa shape index (κ3) is 5.88. The summed E-state index contributed by atoms with van der Waals surface area (Å²) in [6.07, 6.45) is 0. The van der Waals surface area contributed by atoms with Crippen LogP contribution in [0.5, 0.6) is 11.5 Å². The average Bonchev–Trinajstić information content (AvgIpc) is 2.61. The lowest BCUT2D eigenvalue weighted by molar-refractivity contribution is -0.0498. The van der Waals surface area contributed by atoms with Gasteiger partial charge >= 0.3 is 6.61 Å². The van der Waals surface area contributed by atoms with Crippen LogP contribution in [0.4, 0.5) is 14.5 Å². The fourth-order valence-corrected chi connectivity index (χ4v) is 1.98. The number of carbonyl (C=O) groups excluding carboxylic acids is 1. The number of methoxy groups -OCH3 is 1. The van der Waals surface area contributed by atoms with E-state index in [0.717, 1.165) is 0 Å². The van der Waals surface area contributed by atoms with Crippen molar-refractivity contribution in [2.45, 2.75) is 6.61 Å². The maximum Gasteiger partial charge on any atom is 0.387 e. The third-order valence-electron chi connectivity index (χ3n) is 2.98. The first kappa shape index (κ1) is 18.4. The third-order valence-corrected chi connectivity index (χ3v) is 3.18. The molecule has 25 heavy (non-hydrogen) atoms. The molecule has 1 amide bonds. The number of carbonyl (C=O) groups is 1. The zero-order valence-corrected chi connectivity index (χ0v) is 13.9. The first-order valence-corrected chi connectivity index (χ1v) is 7.45. The number of hydrogen-bond acceptors (Lipinski definition) is 4. The number of amides is 1. The molecular weight excluding hydrogens is 352 g/mol. The zero-order chi connectivity index (χ0) is 18.2. The lowest BCUT2D eigenvalue weighted by Crippen LogP contribution is -2.43. The first-order valence-electron chi connectivity index (χ1n) is 7.04. The quantitative estimate of drug-likeness (QED) is 0.558. The Morgan fingerprint density at radius 1 is 1.00 bits per heavy atom. The zero-order valence-electron chi connectivity index (χ0n) is 13.1. The summed E-state index contributed by atoms with van der Waals surface area (Å²) in [5, 5.41) is 2.92. The van der Waals surface area contributed by atoms with Crippen LogP contribution < -0.4 is 25.6 Å². The number of thiocarbonyl (C=S) groups is 1. The smallest absolute Gasteiger partial charge is 0.387 e. The SMILES string of the molecule is COc1ccc(C(=O)NNC(=S)Nc2ccc(OC(F)F)cc2)cc1. The molecule has 2 aromatic carbocycles. The predicted octanol–water partition coefficient (Wildman–Crippen LogP) is 2.93. The molecule has 0 fully saturated rings. The van der Waals surface area contributed by atoms with Gasteiger partial charge in [-0.05, 0) is 60.7 Å². The maximum atomic E-state index is 12.1. The Kier molecular flexibility index (Phi) is 6.47. The molecule has 0 unspecified atom stereocenters. The summed E-state index contributed by atoms with van der Waals surface area (Å²) in [5.74, 6) is 0.292. The number of anilines is 1. The van der Waals surface area contributed by atoms with Gasteiger partial charge in [-0.1, -0.05) is 0 Å². The molecule has 0 aliphatic heterocycles. The number of halogens is 2. The number of ether oxygens (including phenoxy) is 2. The van der Waals surface area contributed by atoms with Gasteiger partial charge in [0.2, 0.25) is 0 Å². The van der Waals surface area contributed by atoms with Gasteiger partial charge in [0.05, 0.1) is 7.11 Å². The largest absolute Gasteiger partial charge is 0.497 e.